The largest absolute Gasteiger partial charge is 0.457 e. The monoisotopic (exact) mass is 470 g/mol. The van der Waals surface area contributed by atoms with Crippen LogP contribution in [0, 0.1) is 0 Å². The van der Waals surface area contributed by atoms with Gasteiger partial charge in [0.2, 0.25) is 0 Å². The highest BCUT2D eigenvalue weighted by molar-refractivity contribution is 5.66. The second kappa shape index (κ2) is 9.72. The van der Waals surface area contributed by atoms with Gasteiger partial charge in [-0.2, -0.15) is 0 Å². The first-order valence-corrected chi connectivity index (χ1v) is 11.7. The number of para-hydroxylation sites is 2. The van der Waals surface area contributed by atoms with Gasteiger partial charge in [0.1, 0.15) is 34.5 Å². The van der Waals surface area contributed by atoms with Gasteiger partial charge in [-0.15, -0.1) is 0 Å². The van der Waals surface area contributed by atoms with Crippen LogP contribution in [0.25, 0.3) is 34.2 Å². The molecule has 2 heterocycles. The highest BCUT2D eigenvalue weighted by Crippen LogP contribution is 2.34. The summed E-state index contributed by atoms with van der Waals surface area (Å²) < 4.78 is 23.9. The summed E-state index contributed by atoms with van der Waals surface area (Å²) in [5, 5.41) is 0. The molecule has 0 bridgehead atoms. The Bertz CT molecular complexity index is 1420. The van der Waals surface area contributed by atoms with Crippen molar-refractivity contribution >= 4 is 0 Å². The van der Waals surface area contributed by atoms with Gasteiger partial charge in [-0.3, -0.25) is 0 Å². The lowest BCUT2D eigenvalue weighted by atomic mass is 10.1. The van der Waals surface area contributed by atoms with Gasteiger partial charge in [0.05, 0.1) is 0 Å². The summed E-state index contributed by atoms with van der Waals surface area (Å²) in [6.07, 6.45) is 0. The van der Waals surface area contributed by atoms with Crippen molar-refractivity contribution in [3.05, 3.63) is 133 Å². The predicted octanol–water partition coefficient (Wildman–Crippen LogP) is 9.46. The minimum Gasteiger partial charge on any atom is -0.457 e. The molecule has 0 amide bonds. The Morgan fingerprint density at radius 1 is 0.306 bits per heavy atom. The van der Waals surface area contributed by atoms with E-state index in [1.54, 1.807) is 0 Å². The van der Waals surface area contributed by atoms with Crippen LogP contribution >= 0.6 is 0 Å². The van der Waals surface area contributed by atoms with Crippen molar-refractivity contribution in [1.82, 2.24) is 0 Å². The molecule has 0 unspecified atom stereocenters. The summed E-state index contributed by atoms with van der Waals surface area (Å²) in [5.41, 5.74) is 1.92. The molecule has 174 valence electrons. The highest BCUT2D eigenvalue weighted by Gasteiger charge is 2.12. The van der Waals surface area contributed by atoms with E-state index in [1.165, 1.54) is 0 Å². The lowest BCUT2D eigenvalue weighted by molar-refractivity contribution is 0.482. The zero-order chi connectivity index (χ0) is 24.2. The van der Waals surface area contributed by atoms with Crippen molar-refractivity contribution in [1.29, 1.82) is 0 Å². The highest BCUT2D eigenvalue weighted by atomic mass is 16.5. The molecule has 0 aliphatic rings. The summed E-state index contributed by atoms with van der Waals surface area (Å²) in [4.78, 5) is 0. The molecule has 0 saturated heterocycles. The summed E-state index contributed by atoms with van der Waals surface area (Å²) in [6.45, 7) is 0. The van der Waals surface area contributed by atoms with Crippen LogP contribution in [-0.2, 0) is 0 Å². The number of hydrogen-bond acceptors (Lipinski definition) is 4. The maximum Gasteiger partial charge on any atom is 0.170 e. The van der Waals surface area contributed by atoms with Crippen LogP contribution in [0.15, 0.2) is 142 Å². The normalized spacial score (nSPS) is 10.8. The first kappa shape index (κ1) is 21.6. The third-order valence-electron chi connectivity index (χ3n) is 5.69. The molecule has 2 aromatic heterocycles. The molecule has 4 heteroatoms. The maximum absolute atomic E-state index is 6.09. The minimum absolute atomic E-state index is 0.671. The zero-order valence-corrected chi connectivity index (χ0v) is 19.3. The third kappa shape index (κ3) is 4.79. The summed E-state index contributed by atoms with van der Waals surface area (Å²) >= 11 is 0. The maximum atomic E-state index is 6.09. The Kier molecular flexibility index (Phi) is 5.83. The molecule has 6 aromatic rings. The van der Waals surface area contributed by atoms with E-state index in [9.17, 15) is 0 Å². The first-order valence-electron chi connectivity index (χ1n) is 11.7. The van der Waals surface area contributed by atoms with Gasteiger partial charge < -0.3 is 18.3 Å². The fraction of sp³-hybridized carbons (Fsp3) is 0. The third-order valence-corrected chi connectivity index (χ3v) is 5.69. The van der Waals surface area contributed by atoms with Crippen molar-refractivity contribution in [2.45, 2.75) is 0 Å². The molecule has 0 aliphatic carbocycles. The molecule has 6 rings (SSSR count). The molecule has 0 radical (unpaired) electrons. The average Bonchev–Trinajstić information content (AvgIpc) is 3.61. The van der Waals surface area contributed by atoms with E-state index in [0.29, 0.717) is 11.5 Å². The van der Waals surface area contributed by atoms with Crippen molar-refractivity contribution in [2.75, 3.05) is 0 Å². The van der Waals surface area contributed by atoms with E-state index in [0.717, 1.165) is 45.6 Å². The van der Waals surface area contributed by atoms with E-state index in [2.05, 4.69) is 0 Å². The van der Waals surface area contributed by atoms with Crippen molar-refractivity contribution in [2.24, 2.45) is 0 Å². The Balaban J connectivity index is 1.14. The molecule has 0 atom stereocenters. The molecule has 0 spiro atoms. The molecule has 4 aromatic carbocycles. The SMILES string of the molecule is c1ccc(Oc2ccc(-c3ccc(-c4ccc(-c5ccc(Oc6ccccc6)cc5)o4)o3)cc2)cc1. The molecule has 0 N–H and O–H groups in total. The van der Waals surface area contributed by atoms with E-state index < -0.39 is 0 Å². The van der Waals surface area contributed by atoms with Crippen molar-refractivity contribution in [3.8, 4) is 57.2 Å². The van der Waals surface area contributed by atoms with Gasteiger partial charge in [-0.1, -0.05) is 36.4 Å². The van der Waals surface area contributed by atoms with Crippen molar-refractivity contribution < 1.29 is 18.3 Å². The first-order chi connectivity index (χ1) is 17.8. The molecule has 0 fully saturated rings. The minimum atomic E-state index is 0.671. The van der Waals surface area contributed by atoms with Crippen LogP contribution in [0.2, 0.25) is 0 Å². The van der Waals surface area contributed by atoms with Gasteiger partial charge in [0, 0.05) is 11.1 Å². The number of benzene rings is 4. The summed E-state index contributed by atoms with van der Waals surface area (Å²) in [5.74, 6) is 6.01. The lowest BCUT2D eigenvalue weighted by Gasteiger charge is -2.06. The van der Waals surface area contributed by atoms with Gasteiger partial charge in [-0.25, -0.2) is 0 Å². The van der Waals surface area contributed by atoms with Gasteiger partial charge in [-0.05, 0) is 97.1 Å². The van der Waals surface area contributed by atoms with Crippen LogP contribution < -0.4 is 9.47 Å². The van der Waals surface area contributed by atoms with E-state index in [-0.39, 0.29) is 0 Å². The molecule has 0 saturated carbocycles. The van der Waals surface area contributed by atoms with Crippen molar-refractivity contribution in [3.63, 3.8) is 0 Å². The van der Waals surface area contributed by atoms with Crippen LogP contribution in [0.5, 0.6) is 23.0 Å². The summed E-state index contributed by atoms with van der Waals surface area (Å²) in [7, 11) is 0. The Morgan fingerprint density at radius 2 is 0.639 bits per heavy atom. The summed E-state index contributed by atoms with van der Waals surface area (Å²) in [6, 6.07) is 42.8. The molecular weight excluding hydrogens is 448 g/mol. The topological polar surface area (TPSA) is 44.7 Å². The Morgan fingerprint density at radius 3 is 1.03 bits per heavy atom. The van der Waals surface area contributed by atoms with Crippen LogP contribution in [0.4, 0.5) is 0 Å². The predicted molar refractivity (Wildman–Crippen MR) is 140 cm³/mol. The fourth-order valence-corrected chi connectivity index (χ4v) is 3.87. The molecule has 36 heavy (non-hydrogen) atoms. The Hall–Kier alpha value is -4.96. The second-order valence-electron chi connectivity index (χ2n) is 8.21. The van der Waals surface area contributed by atoms with Gasteiger partial charge >= 0.3 is 0 Å². The van der Waals surface area contributed by atoms with Gasteiger partial charge in [0.15, 0.2) is 11.5 Å². The van der Waals surface area contributed by atoms with Gasteiger partial charge in [0.25, 0.3) is 0 Å². The average molecular weight is 471 g/mol. The van der Waals surface area contributed by atoms with Crippen LogP contribution in [0.3, 0.4) is 0 Å². The number of rotatable bonds is 7. The van der Waals surface area contributed by atoms with E-state index in [4.69, 9.17) is 18.3 Å². The standard InChI is InChI=1S/C32H22O4/c1-3-7-25(8-4-1)33-27-15-11-23(12-16-27)29-19-21-31(35-29)32-22-20-30(36-32)24-13-17-28(18-14-24)34-26-9-5-2-6-10-26/h1-22H. The van der Waals surface area contributed by atoms with E-state index in [1.807, 2.05) is 133 Å². The number of hydrogen-bond donors (Lipinski definition) is 0. The zero-order valence-electron chi connectivity index (χ0n) is 19.3. The lowest BCUT2D eigenvalue weighted by Crippen LogP contribution is -1.83. The molecule has 4 nitrogen and oxygen atoms in total. The smallest absolute Gasteiger partial charge is 0.170 e. The molecule has 0 aliphatic heterocycles. The van der Waals surface area contributed by atoms with Crippen LogP contribution in [0.1, 0.15) is 0 Å². The fourth-order valence-electron chi connectivity index (χ4n) is 3.87. The van der Waals surface area contributed by atoms with Crippen LogP contribution in [-0.4, -0.2) is 0 Å². The number of ether oxygens (including phenoxy) is 2. The van der Waals surface area contributed by atoms with E-state index >= 15 is 0 Å². The Labute approximate surface area is 209 Å². The quantitative estimate of drug-likeness (QED) is 0.233. The molecular formula is C32H22O4. The second-order valence-corrected chi connectivity index (χ2v) is 8.21. The number of furan rings is 2.